The Morgan fingerprint density at radius 2 is 2.36 bits per heavy atom. The maximum Gasteiger partial charge on any atom is 0.104 e. The van der Waals surface area contributed by atoms with E-state index in [-0.39, 0.29) is 0 Å². The van der Waals surface area contributed by atoms with Crippen LogP contribution in [0, 0.1) is 0 Å². The van der Waals surface area contributed by atoms with E-state index in [1.165, 1.54) is 6.42 Å². The van der Waals surface area contributed by atoms with Gasteiger partial charge in [-0.15, -0.1) is 6.58 Å². The van der Waals surface area contributed by atoms with Crippen LogP contribution < -0.4 is 0 Å². The first-order valence-electron chi connectivity index (χ1n) is 4.23. The molecule has 1 aliphatic heterocycles. The lowest BCUT2D eigenvalue weighted by atomic mass is 10.2. The Morgan fingerprint density at radius 1 is 1.55 bits per heavy atom. The van der Waals surface area contributed by atoms with Gasteiger partial charge in [-0.2, -0.15) is 0 Å². The van der Waals surface area contributed by atoms with Gasteiger partial charge in [0.15, 0.2) is 0 Å². The van der Waals surface area contributed by atoms with Gasteiger partial charge < -0.3 is 9.47 Å². The van der Waals surface area contributed by atoms with Crippen molar-refractivity contribution < 1.29 is 9.47 Å². The van der Waals surface area contributed by atoms with Crippen LogP contribution in [0.15, 0.2) is 12.7 Å². The molecule has 0 aromatic heterocycles. The zero-order valence-corrected chi connectivity index (χ0v) is 6.92. The van der Waals surface area contributed by atoms with Crippen LogP contribution in [-0.2, 0) is 9.47 Å². The van der Waals surface area contributed by atoms with Gasteiger partial charge in [0.05, 0.1) is 13.2 Å². The summed E-state index contributed by atoms with van der Waals surface area (Å²) < 4.78 is 10.3. The van der Waals surface area contributed by atoms with Crippen molar-refractivity contribution in [3.63, 3.8) is 0 Å². The molecule has 1 atom stereocenters. The van der Waals surface area contributed by atoms with E-state index in [2.05, 4.69) is 6.58 Å². The topological polar surface area (TPSA) is 21.8 Å². The molecule has 1 fully saturated rings. The van der Waals surface area contributed by atoms with Crippen LogP contribution in [0.25, 0.3) is 0 Å². The van der Waals surface area contributed by atoms with E-state index in [1.54, 1.807) is 0 Å². The van der Waals surface area contributed by atoms with Gasteiger partial charge in [0.25, 0.3) is 0 Å². The highest BCUT2D eigenvalue weighted by atomic mass is 16.6. The Bertz CT molecular complexity index is 108. The van der Waals surface area contributed by atoms with Crippen molar-refractivity contribution in [1.29, 1.82) is 0 Å². The van der Waals surface area contributed by atoms with Gasteiger partial charge in [0.1, 0.15) is 6.10 Å². The highest BCUT2D eigenvalue weighted by molar-refractivity contribution is 4.67. The van der Waals surface area contributed by atoms with E-state index in [0.29, 0.717) is 6.10 Å². The number of unbranched alkanes of at least 4 members (excludes halogenated alkanes) is 2. The molecule has 0 amide bonds. The molecule has 1 saturated heterocycles. The number of ether oxygens (including phenoxy) is 2. The minimum Gasteiger partial charge on any atom is -0.379 e. The van der Waals surface area contributed by atoms with Gasteiger partial charge >= 0.3 is 0 Å². The van der Waals surface area contributed by atoms with E-state index < -0.39 is 0 Å². The largest absolute Gasteiger partial charge is 0.379 e. The van der Waals surface area contributed by atoms with Crippen molar-refractivity contribution in [2.45, 2.75) is 25.4 Å². The smallest absolute Gasteiger partial charge is 0.104 e. The summed E-state index contributed by atoms with van der Waals surface area (Å²) in [6, 6.07) is 0. The molecule has 2 heteroatoms. The molecule has 64 valence electrons. The number of allylic oxidation sites excluding steroid dienone is 1. The van der Waals surface area contributed by atoms with Gasteiger partial charge in [-0.05, 0) is 19.3 Å². The lowest BCUT2D eigenvalue weighted by Gasteiger charge is -1.99. The minimum absolute atomic E-state index is 0.411. The molecule has 0 aromatic rings. The predicted octanol–water partition coefficient (Wildman–Crippen LogP) is 1.76. The van der Waals surface area contributed by atoms with Crippen LogP contribution in [-0.4, -0.2) is 25.9 Å². The second-order valence-corrected chi connectivity index (χ2v) is 2.81. The fraction of sp³-hybridized carbons (Fsp3) is 0.778. The molecule has 0 saturated carbocycles. The lowest BCUT2D eigenvalue weighted by molar-refractivity contribution is 0.113. The molecule has 1 rings (SSSR count). The van der Waals surface area contributed by atoms with Crippen molar-refractivity contribution in [3.8, 4) is 0 Å². The quantitative estimate of drug-likeness (QED) is 0.318. The second kappa shape index (κ2) is 5.33. The van der Waals surface area contributed by atoms with Crippen molar-refractivity contribution in [1.82, 2.24) is 0 Å². The average molecular weight is 156 g/mol. The maximum absolute atomic E-state index is 5.34. The third kappa shape index (κ3) is 4.99. The zero-order chi connectivity index (χ0) is 7.94. The Kier molecular flexibility index (Phi) is 4.24. The maximum atomic E-state index is 5.34. The predicted molar refractivity (Wildman–Crippen MR) is 44.6 cm³/mol. The van der Waals surface area contributed by atoms with Gasteiger partial charge in [0, 0.05) is 6.61 Å². The third-order valence-corrected chi connectivity index (χ3v) is 1.65. The molecule has 0 bridgehead atoms. The molecular weight excluding hydrogens is 140 g/mol. The van der Waals surface area contributed by atoms with Gasteiger partial charge in [-0.3, -0.25) is 0 Å². The summed E-state index contributed by atoms with van der Waals surface area (Å²) in [4.78, 5) is 0. The van der Waals surface area contributed by atoms with Crippen molar-refractivity contribution >= 4 is 0 Å². The van der Waals surface area contributed by atoms with Crippen LogP contribution in [0.1, 0.15) is 19.3 Å². The second-order valence-electron chi connectivity index (χ2n) is 2.81. The van der Waals surface area contributed by atoms with Crippen LogP contribution in [0.5, 0.6) is 0 Å². The van der Waals surface area contributed by atoms with Gasteiger partial charge in [-0.25, -0.2) is 0 Å². The van der Waals surface area contributed by atoms with E-state index in [1.807, 2.05) is 6.08 Å². The van der Waals surface area contributed by atoms with E-state index >= 15 is 0 Å². The van der Waals surface area contributed by atoms with Crippen molar-refractivity contribution in [3.05, 3.63) is 12.7 Å². The van der Waals surface area contributed by atoms with Crippen molar-refractivity contribution in [2.75, 3.05) is 19.8 Å². The summed E-state index contributed by atoms with van der Waals surface area (Å²) in [6.45, 7) is 6.21. The number of hydrogen-bond donors (Lipinski definition) is 0. The summed E-state index contributed by atoms with van der Waals surface area (Å²) in [7, 11) is 0. The molecule has 0 radical (unpaired) electrons. The molecule has 0 N–H and O–H groups in total. The normalized spacial score (nSPS) is 21.6. The summed E-state index contributed by atoms with van der Waals surface area (Å²) in [5, 5.41) is 0. The first-order valence-corrected chi connectivity index (χ1v) is 4.23. The molecule has 1 unspecified atom stereocenters. The highest BCUT2D eigenvalue weighted by Gasteiger charge is 2.21. The SMILES string of the molecule is C=CCCCCOCC1CO1. The summed E-state index contributed by atoms with van der Waals surface area (Å²) in [5.74, 6) is 0. The Balaban J connectivity index is 1.69. The summed E-state index contributed by atoms with van der Waals surface area (Å²) >= 11 is 0. The Morgan fingerprint density at radius 3 is 3.00 bits per heavy atom. The lowest BCUT2D eigenvalue weighted by Crippen LogP contribution is -2.02. The minimum atomic E-state index is 0.411. The van der Waals surface area contributed by atoms with E-state index in [4.69, 9.17) is 9.47 Å². The third-order valence-electron chi connectivity index (χ3n) is 1.65. The van der Waals surface area contributed by atoms with Crippen LogP contribution in [0.3, 0.4) is 0 Å². The Labute approximate surface area is 68.2 Å². The van der Waals surface area contributed by atoms with Gasteiger partial charge in [0.2, 0.25) is 0 Å². The molecule has 1 aliphatic rings. The number of rotatable bonds is 7. The first kappa shape index (κ1) is 8.75. The monoisotopic (exact) mass is 156 g/mol. The van der Waals surface area contributed by atoms with Gasteiger partial charge in [-0.1, -0.05) is 6.08 Å². The molecule has 0 aromatic carbocycles. The first-order chi connectivity index (χ1) is 5.43. The highest BCUT2D eigenvalue weighted by Crippen LogP contribution is 2.08. The Hall–Kier alpha value is -0.340. The number of hydrogen-bond acceptors (Lipinski definition) is 2. The number of epoxide rings is 1. The van der Waals surface area contributed by atoms with E-state index in [9.17, 15) is 0 Å². The molecule has 0 aliphatic carbocycles. The van der Waals surface area contributed by atoms with Crippen molar-refractivity contribution in [2.24, 2.45) is 0 Å². The van der Waals surface area contributed by atoms with Crippen LogP contribution in [0.2, 0.25) is 0 Å². The molecule has 2 nitrogen and oxygen atoms in total. The fourth-order valence-electron chi connectivity index (χ4n) is 0.872. The average Bonchev–Trinajstić information content (AvgIpc) is 2.80. The standard InChI is InChI=1S/C9H16O2/c1-2-3-4-5-6-10-7-9-8-11-9/h2,9H,1,3-8H2. The molecular formula is C9H16O2. The summed E-state index contributed by atoms with van der Waals surface area (Å²) in [5.41, 5.74) is 0. The molecule has 0 spiro atoms. The molecule has 11 heavy (non-hydrogen) atoms. The fourth-order valence-corrected chi connectivity index (χ4v) is 0.872. The van der Waals surface area contributed by atoms with Crippen LogP contribution >= 0.6 is 0 Å². The zero-order valence-electron chi connectivity index (χ0n) is 6.92. The van der Waals surface area contributed by atoms with Crippen LogP contribution in [0.4, 0.5) is 0 Å². The molecule has 1 heterocycles. The summed E-state index contributed by atoms with van der Waals surface area (Å²) in [6.07, 6.45) is 5.79. The van der Waals surface area contributed by atoms with E-state index in [0.717, 1.165) is 32.7 Å².